The van der Waals surface area contributed by atoms with Gasteiger partial charge in [0.2, 0.25) is 5.88 Å². The molecule has 0 unspecified atom stereocenters. The van der Waals surface area contributed by atoms with E-state index in [1.807, 2.05) is 13.0 Å². The molecule has 0 atom stereocenters. The van der Waals surface area contributed by atoms with Gasteiger partial charge in [0.25, 0.3) is 0 Å². The molecule has 1 rings (SSSR count). The molecule has 0 aromatic carbocycles. The summed E-state index contributed by atoms with van der Waals surface area (Å²) in [5, 5.41) is 0. The van der Waals surface area contributed by atoms with Crippen LogP contribution in [0, 0.1) is 0 Å². The van der Waals surface area contributed by atoms with Crippen molar-refractivity contribution in [1.29, 1.82) is 0 Å². The number of unbranched alkanes of at least 4 members (excludes halogenated alkanes) is 3. The maximum Gasteiger partial charge on any atom is 0.217 e. The van der Waals surface area contributed by atoms with Crippen molar-refractivity contribution in [3.05, 3.63) is 16.5 Å². The SMILES string of the molecule is CCCCCCOc1cc(Br)nc(CC)n1. The summed E-state index contributed by atoms with van der Waals surface area (Å²) in [5.74, 6) is 1.49. The van der Waals surface area contributed by atoms with Crippen LogP contribution in [0.3, 0.4) is 0 Å². The Morgan fingerprint density at radius 3 is 2.69 bits per heavy atom. The van der Waals surface area contributed by atoms with Crippen LogP contribution in [0.1, 0.15) is 45.4 Å². The maximum absolute atomic E-state index is 5.59. The second kappa shape index (κ2) is 7.60. The van der Waals surface area contributed by atoms with Crippen molar-refractivity contribution >= 4 is 15.9 Å². The number of aromatic nitrogens is 2. The van der Waals surface area contributed by atoms with Crippen LogP contribution in [0.2, 0.25) is 0 Å². The molecule has 0 saturated heterocycles. The summed E-state index contributed by atoms with van der Waals surface area (Å²) >= 11 is 3.36. The number of hydrogen-bond donors (Lipinski definition) is 0. The van der Waals surface area contributed by atoms with Gasteiger partial charge in [-0.15, -0.1) is 0 Å². The molecule has 90 valence electrons. The highest BCUT2D eigenvalue weighted by atomic mass is 79.9. The normalized spacial score (nSPS) is 10.4. The Morgan fingerprint density at radius 1 is 1.19 bits per heavy atom. The second-order valence-electron chi connectivity index (χ2n) is 3.71. The molecule has 0 N–H and O–H groups in total. The topological polar surface area (TPSA) is 35.0 Å². The second-order valence-corrected chi connectivity index (χ2v) is 4.52. The highest BCUT2D eigenvalue weighted by Gasteiger charge is 2.02. The van der Waals surface area contributed by atoms with Crippen molar-refractivity contribution in [1.82, 2.24) is 9.97 Å². The number of aryl methyl sites for hydroxylation is 1. The Morgan fingerprint density at radius 2 is 2.00 bits per heavy atom. The highest BCUT2D eigenvalue weighted by molar-refractivity contribution is 9.10. The quantitative estimate of drug-likeness (QED) is 0.565. The first-order chi connectivity index (χ1) is 7.76. The maximum atomic E-state index is 5.59. The van der Waals surface area contributed by atoms with Crippen molar-refractivity contribution in [2.75, 3.05) is 6.61 Å². The van der Waals surface area contributed by atoms with Gasteiger partial charge in [0.1, 0.15) is 10.4 Å². The lowest BCUT2D eigenvalue weighted by molar-refractivity contribution is 0.292. The van der Waals surface area contributed by atoms with Crippen LogP contribution in [0.15, 0.2) is 10.7 Å². The van der Waals surface area contributed by atoms with Gasteiger partial charge >= 0.3 is 0 Å². The zero-order valence-corrected chi connectivity index (χ0v) is 11.6. The van der Waals surface area contributed by atoms with Gasteiger partial charge in [-0.3, -0.25) is 0 Å². The van der Waals surface area contributed by atoms with Crippen molar-refractivity contribution < 1.29 is 4.74 Å². The smallest absolute Gasteiger partial charge is 0.217 e. The molecule has 0 radical (unpaired) electrons. The van der Waals surface area contributed by atoms with Crippen LogP contribution in [-0.2, 0) is 6.42 Å². The Labute approximate surface area is 106 Å². The van der Waals surface area contributed by atoms with E-state index >= 15 is 0 Å². The molecule has 0 bridgehead atoms. The van der Waals surface area contributed by atoms with E-state index in [1.54, 1.807) is 0 Å². The van der Waals surface area contributed by atoms with Crippen LogP contribution in [-0.4, -0.2) is 16.6 Å². The fraction of sp³-hybridized carbons (Fsp3) is 0.667. The summed E-state index contributed by atoms with van der Waals surface area (Å²) in [6, 6.07) is 1.82. The molecule has 1 heterocycles. The predicted octanol–water partition coefficient (Wildman–Crippen LogP) is 3.76. The molecule has 16 heavy (non-hydrogen) atoms. The van der Waals surface area contributed by atoms with Gasteiger partial charge in [-0.1, -0.05) is 33.1 Å². The number of hydrogen-bond acceptors (Lipinski definition) is 3. The minimum Gasteiger partial charge on any atom is -0.478 e. The predicted molar refractivity (Wildman–Crippen MR) is 68.7 cm³/mol. The van der Waals surface area contributed by atoms with Crippen molar-refractivity contribution in [2.45, 2.75) is 46.0 Å². The van der Waals surface area contributed by atoms with E-state index in [0.29, 0.717) is 5.88 Å². The van der Waals surface area contributed by atoms with Crippen LogP contribution >= 0.6 is 15.9 Å². The molecule has 1 aromatic heterocycles. The average Bonchev–Trinajstić information content (AvgIpc) is 2.28. The van der Waals surface area contributed by atoms with Gasteiger partial charge < -0.3 is 4.74 Å². The lowest BCUT2D eigenvalue weighted by Crippen LogP contribution is -2.02. The van der Waals surface area contributed by atoms with E-state index in [-0.39, 0.29) is 0 Å². The van der Waals surface area contributed by atoms with E-state index in [9.17, 15) is 0 Å². The van der Waals surface area contributed by atoms with Gasteiger partial charge in [0, 0.05) is 12.5 Å². The molecule has 0 aliphatic rings. The van der Waals surface area contributed by atoms with E-state index in [0.717, 1.165) is 29.9 Å². The van der Waals surface area contributed by atoms with E-state index in [4.69, 9.17) is 4.74 Å². The van der Waals surface area contributed by atoms with Gasteiger partial charge in [-0.2, -0.15) is 4.98 Å². The van der Waals surface area contributed by atoms with Crippen LogP contribution < -0.4 is 4.74 Å². The molecule has 0 aliphatic carbocycles. The zero-order chi connectivity index (χ0) is 11.8. The summed E-state index contributed by atoms with van der Waals surface area (Å²) in [7, 11) is 0. The third-order valence-electron chi connectivity index (χ3n) is 2.28. The van der Waals surface area contributed by atoms with E-state index < -0.39 is 0 Å². The standard InChI is InChI=1S/C12H19BrN2O/c1-3-5-6-7-8-16-12-9-10(13)14-11(4-2)15-12/h9H,3-8H2,1-2H3. The van der Waals surface area contributed by atoms with Crippen molar-refractivity contribution in [2.24, 2.45) is 0 Å². The molecule has 3 nitrogen and oxygen atoms in total. The van der Waals surface area contributed by atoms with Crippen LogP contribution in [0.5, 0.6) is 5.88 Å². The Bertz CT molecular complexity index is 318. The third kappa shape index (κ3) is 4.92. The minimum absolute atomic E-state index is 0.676. The molecular formula is C12H19BrN2O. The Balaban J connectivity index is 2.38. The van der Waals surface area contributed by atoms with Gasteiger partial charge in [-0.25, -0.2) is 4.98 Å². The molecule has 0 aliphatic heterocycles. The summed E-state index contributed by atoms with van der Waals surface area (Å²) in [5.41, 5.74) is 0. The fourth-order valence-corrected chi connectivity index (χ4v) is 1.78. The highest BCUT2D eigenvalue weighted by Crippen LogP contribution is 2.15. The monoisotopic (exact) mass is 286 g/mol. The first-order valence-electron chi connectivity index (χ1n) is 5.92. The Hall–Kier alpha value is -0.640. The molecule has 0 saturated carbocycles. The number of ether oxygens (including phenoxy) is 1. The summed E-state index contributed by atoms with van der Waals surface area (Å²) in [6.45, 7) is 4.98. The van der Waals surface area contributed by atoms with Crippen LogP contribution in [0.4, 0.5) is 0 Å². The van der Waals surface area contributed by atoms with Crippen LogP contribution in [0.25, 0.3) is 0 Å². The molecule has 0 amide bonds. The molecular weight excluding hydrogens is 268 g/mol. The number of nitrogens with zero attached hydrogens (tertiary/aromatic N) is 2. The lowest BCUT2D eigenvalue weighted by Gasteiger charge is -2.06. The Kier molecular flexibility index (Phi) is 6.38. The summed E-state index contributed by atoms with van der Waals surface area (Å²) in [6.07, 6.45) is 5.67. The van der Waals surface area contributed by atoms with Gasteiger partial charge in [0.15, 0.2) is 0 Å². The van der Waals surface area contributed by atoms with Crippen molar-refractivity contribution in [3.63, 3.8) is 0 Å². The molecule has 0 spiro atoms. The average molecular weight is 287 g/mol. The van der Waals surface area contributed by atoms with E-state index in [2.05, 4.69) is 32.8 Å². The molecule has 4 heteroatoms. The molecule has 1 aromatic rings. The first-order valence-corrected chi connectivity index (χ1v) is 6.71. The minimum atomic E-state index is 0.676. The van der Waals surface area contributed by atoms with Crippen molar-refractivity contribution in [3.8, 4) is 5.88 Å². The first kappa shape index (κ1) is 13.4. The summed E-state index contributed by atoms with van der Waals surface area (Å²) < 4.78 is 6.39. The third-order valence-corrected chi connectivity index (χ3v) is 2.69. The lowest BCUT2D eigenvalue weighted by atomic mass is 10.2. The van der Waals surface area contributed by atoms with E-state index in [1.165, 1.54) is 19.3 Å². The van der Waals surface area contributed by atoms with Gasteiger partial charge in [-0.05, 0) is 22.4 Å². The fourth-order valence-electron chi connectivity index (χ4n) is 1.38. The number of halogens is 1. The van der Waals surface area contributed by atoms with Gasteiger partial charge in [0.05, 0.1) is 6.61 Å². The molecule has 0 fully saturated rings. The zero-order valence-electron chi connectivity index (χ0n) is 10.0. The summed E-state index contributed by atoms with van der Waals surface area (Å²) in [4.78, 5) is 8.54. The number of rotatable bonds is 7. The largest absolute Gasteiger partial charge is 0.478 e.